The number of anilines is 1. The molecule has 0 saturated carbocycles. The van der Waals surface area contributed by atoms with Gasteiger partial charge in [0.1, 0.15) is 11.6 Å². The number of methoxy groups -OCH3 is 1. The third kappa shape index (κ3) is 3.12. The summed E-state index contributed by atoms with van der Waals surface area (Å²) in [5.41, 5.74) is 7.13. The van der Waals surface area contributed by atoms with E-state index in [1.807, 2.05) is 6.07 Å². The Kier molecular flexibility index (Phi) is 5.04. The summed E-state index contributed by atoms with van der Waals surface area (Å²) in [5.74, 6) is 0.339. The second kappa shape index (κ2) is 6.78. The van der Waals surface area contributed by atoms with Gasteiger partial charge in [0.25, 0.3) is 0 Å². The Morgan fingerprint density at radius 1 is 1.24 bits per heavy atom. The van der Waals surface area contributed by atoms with Crippen LogP contribution in [0.5, 0.6) is 5.75 Å². The summed E-state index contributed by atoms with van der Waals surface area (Å²) < 4.78 is 19.4. The van der Waals surface area contributed by atoms with Gasteiger partial charge in [-0.25, -0.2) is 4.39 Å². The number of hydrogen-bond donors (Lipinski definition) is 1. The molecule has 0 heterocycles. The molecule has 2 aromatic rings. The van der Waals surface area contributed by atoms with Gasteiger partial charge >= 0.3 is 0 Å². The zero-order valence-corrected chi connectivity index (χ0v) is 12.8. The minimum absolute atomic E-state index is 0.283. The number of benzene rings is 2. The van der Waals surface area contributed by atoms with Crippen LogP contribution >= 0.6 is 11.6 Å². The van der Waals surface area contributed by atoms with E-state index >= 15 is 0 Å². The molecule has 0 saturated heterocycles. The number of nitrogens with zero attached hydrogens (tertiary/aromatic N) is 1. The maximum Gasteiger partial charge on any atom is 0.146 e. The summed E-state index contributed by atoms with van der Waals surface area (Å²) in [4.78, 5) is 1.78. The molecule has 0 aromatic heterocycles. The highest BCUT2D eigenvalue weighted by Crippen LogP contribution is 2.36. The fourth-order valence-corrected chi connectivity index (χ4v) is 2.69. The van der Waals surface area contributed by atoms with Crippen LogP contribution < -0.4 is 15.4 Å². The largest absolute Gasteiger partial charge is 0.496 e. The lowest BCUT2D eigenvalue weighted by Crippen LogP contribution is -2.31. The van der Waals surface area contributed by atoms with Crippen LogP contribution in [0.2, 0.25) is 5.02 Å². The second-order valence-electron chi connectivity index (χ2n) is 4.67. The first-order valence-electron chi connectivity index (χ1n) is 6.60. The molecule has 3 nitrogen and oxygen atoms in total. The Bertz CT molecular complexity index is 621. The van der Waals surface area contributed by atoms with Crippen molar-refractivity contribution in [2.45, 2.75) is 6.04 Å². The van der Waals surface area contributed by atoms with Crippen molar-refractivity contribution in [3.8, 4) is 5.75 Å². The summed E-state index contributed by atoms with van der Waals surface area (Å²) in [7, 11) is 3.37. The summed E-state index contributed by atoms with van der Waals surface area (Å²) >= 11 is 6.30. The highest BCUT2D eigenvalue weighted by molar-refractivity contribution is 6.31. The van der Waals surface area contributed by atoms with Crippen molar-refractivity contribution in [1.29, 1.82) is 0 Å². The normalized spacial score (nSPS) is 12.0. The number of halogens is 2. The molecule has 0 radical (unpaired) electrons. The van der Waals surface area contributed by atoms with E-state index in [4.69, 9.17) is 22.1 Å². The van der Waals surface area contributed by atoms with Crippen LogP contribution in [0.1, 0.15) is 11.6 Å². The monoisotopic (exact) mass is 308 g/mol. The maximum atomic E-state index is 14.0. The third-order valence-corrected chi connectivity index (χ3v) is 3.82. The average molecular weight is 309 g/mol. The van der Waals surface area contributed by atoms with E-state index in [1.54, 1.807) is 49.4 Å². The number of para-hydroxylation sites is 1. The van der Waals surface area contributed by atoms with E-state index in [-0.39, 0.29) is 18.4 Å². The molecular weight excluding hydrogens is 291 g/mol. The molecule has 112 valence electrons. The summed E-state index contributed by atoms with van der Waals surface area (Å²) in [6, 6.07) is 11.7. The summed E-state index contributed by atoms with van der Waals surface area (Å²) in [6.45, 7) is 0.283. The van der Waals surface area contributed by atoms with Gasteiger partial charge in [-0.3, -0.25) is 0 Å². The van der Waals surface area contributed by atoms with E-state index in [0.717, 1.165) is 5.56 Å². The molecule has 0 fully saturated rings. The van der Waals surface area contributed by atoms with Crippen LogP contribution in [-0.4, -0.2) is 20.7 Å². The van der Waals surface area contributed by atoms with E-state index < -0.39 is 0 Å². The maximum absolute atomic E-state index is 14.0. The number of rotatable bonds is 5. The number of likely N-dealkylation sites (N-methyl/N-ethyl adjacent to an activating group) is 1. The fraction of sp³-hybridized carbons (Fsp3) is 0.250. The Balaban J connectivity index is 2.48. The van der Waals surface area contributed by atoms with Crippen LogP contribution in [0, 0.1) is 5.82 Å². The van der Waals surface area contributed by atoms with Crippen molar-refractivity contribution in [1.82, 2.24) is 0 Å². The van der Waals surface area contributed by atoms with E-state index in [2.05, 4.69) is 0 Å². The van der Waals surface area contributed by atoms with Gasteiger partial charge < -0.3 is 15.4 Å². The van der Waals surface area contributed by atoms with Crippen LogP contribution in [0.25, 0.3) is 0 Å². The topological polar surface area (TPSA) is 38.5 Å². The minimum atomic E-state index is -0.301. The molecule has 5 heteroatoms. The Labute approximate surface area is 129 Å². The molecule has 0 amide bonds. The van der Waals surface area contributed by atoms with E-state index in [1.165, 1.54) is 6.07 Å². The number of ether oxygens (including phenoxy) is 1. The molecule has 2 aromatic carbocycles. The molecule has 0 aliphatic heterocycles. The van der Waals surface area contributed by atoms with Crippen molar-refractivity contribution >= 4 is 17.3 Å². The predicted octanol–water partition coefficient (Wildman–Crippen LogP) is 3.62. The summed E-state index contributed by atoms with van der Waals surface area (Å²) in [5, 5.41) is 0.549. The van der Waals surface area contributed by atoms with Gasteiger partial charge in [-0.1, -0.05) is 29.8 Å². The molecule has 21 heavy (non-hydrogen) atoms. The Morgan fingerprint density at radius 3 is 2.57 bits per heavy atom. The van der Waals surface area contributed by atoms with Gasteiger partial charge in [0.05, 0.1) is 18.8 Å². The lowest BCUT2D eigenvalue weighted by molar-refractivity contribution is 0.405. The SMILES string of the molecule is COc1cccc(Cl)c1C(CN)N(C)c1ccccc1F. The highest BCUT2D eigenvalue weighted by Gasteiger charge is 2.24. The van der Waals surface area contributed by atoms with Gasteiger partial charge in [0, 0.05) is 24.2 Å². The van der Waals surface area contributed by atoms with Crippen molar-refractivity contribution in [2.24, 2.45) is 5.73 Å². The molecule has 1 unspecified atom stereocenters. The van der Waals surface area contributed by atoms with Crippen molar-refractivity contribution in [3.05, 3.63) is 58.9 Å². The van der Waals surface area contributed by atoms with Crippen molar-refractivity contribution in [3.63, 3.8) is 0 Å². The number of nitrogens with two attached hydrogens (primary N) is 1. The van der Waals surface area contributed by atoms with Gasteiger partial charge in [-0.05, 0) is 24.3 Å². The molecule has 2 N–H and O–H groups in total. The van der Waals surface area contributed by atoms with Gasteiger partial charge in [-0.2, -0.15) is 0 Å². The summed E-state index contributed by atoms with van der Waals surface area (Å²) in [6.07, 6.45) is 0. The standard InChI is InChI=1S/C16H18ClFN2O/c1-20(13-8-4-3-7-12(13)18)14(10-19)16-11(17)6-5-9-15(16)21-2/h3-9,14H,10,19H2,1-2H3. The second-order valence-corrected chi connectivity index (χ2v) is 5.08. The predicted molar refractivity (Wildman–Crippen MR) is 84.6 cm³/mol. The molecule has 0 aliphatic rings. The van der Waals surface area contributed by atoms with Gasteiger partial charge in [0.15, 0.2) is 0 Å². The molecule has 0 spiro atoms. The van der Waals surface area contributed by atoms with Crippen molar-refractivity contribution in [2.75, 3.05) is 25.6 Å². The lowest BCUT2D eigenvalue weighted by atomic mass is 10.0. The van der Waals surface area contributed by atoms with Gasteiger partial charge in [-0.15, -0.1) is 0 Å². The van der Waals surface area contributed by atoms with Crippen LogP contribution in [-0.2, 0) is 0 Å². The third-order valence-electron chi connectivity index (χ3n) is 3.49. The molecule has 2 rings (SSSR count). The smallest absolute Gasteiger partial charge is 0.146 e. The van der Waals surface area contributed by atoms with E-state index in [9.17, 15) is 4.39 Å². The minimum Gasteiger partial charge on any atom is -0.496 e. The first-order chi connectivity index (χ1) is 10.1. The fourth-order valence-electron chi connectivity index (χ4n) is 2.39. The van der Waals surface area contributed by atoms with Crippen LogP contribution in [0.3, 0.4) is 0 Å². The molecule has 1 atom stereocenters. The lowest BCUT2D eigenvalue weighted by Gasteiger charge is -2.31. The van der Waals surface area contributed by atoms with Gasteiger partial charge in [0.2, 0.25) is 0 Å². The zero-order valence-electron chi connectivity index (χ0n) is 12.0. The Morgan fingerprint density at radius 2 is 1.95 bits per heavy atom. The van der Waals surface area contributed by atoms with E-state index in [0.29, 0.717) is 16.5 Å². The zero-order chi connectivity index (χ0) is 15.4. The molecule has 0 bridgehead atoms. The quantitative estimate of drug-likeness (QED) is 0.917. The van der Waals surface area contributed by atoms with Crippen LogP contribution in [0.4, 0.5) is 10.1 Å². The number of hydrogen-bond acceptors (Lipinski definition) is 3. The highest BCUT2D eigenvalue weighted by atomic mass is 35.5. The molecular formula is C16H18ClFN2O. The average Bonchev–Trinajstić information content (AvgIpc) is 2.49. The Hall–Kier alpha value is -1.78. The first-order valence-corrected chi connectivity index (χ1v) is 6.97. The van der Waals surface area contributed by atoms with Crippen molar-refractivity contribution < 1.29 is 9.13 Å². The first kappa shape index (κ1) is 15.6. The van der Waals surface area contributed by atoms with Crippen LogP contribution in [0.15, 0.2) is 42.5 Å². The molecule has 0 aliphatic carbocycles.